The molecule has 1 saturated heterocycles. The predicted molar refractivity (Wildman–Crippen MR) is 135 cm³/mol. The minimum atomic E-state index is -0.0986. The van der Waals surface area contributed by atoms with Gasteiger partial charge >= 0.3 is 0 Å². The second-order valence-electron chi connectivity index (χ2n) is 9.62. The number of aromatic nitrogens is 2. The van der Waals surface area contributed by atoms with Crippen molar-refractivity contribution in [1.29, 1.82) is 0 Å². The quantitative estimate of drug-likeness (QED) is 0.651. The van der Waals surface area contributed by atoms with Gasteiger partial charge in [0.05, 0.1) is 19.0 Å². The highest BCUT2D eigenvalue weighted by molar-refractivity contribution is 5.97. The number of carbonyl (C=O) groups is 2. The van der Waals surface area contributed by atoms with Crippen molar-refractivity contribution in [1.82, 2.24) is 20.2 Å². The Balaban J connectivity index is 1.34. The summed E-state index contributed by atoms with van der Waals surface area (Å²) in [5, 5.41) is 6.38. The van der Waals surface area contributed by atoms with Crippen LogP contribution in [0.25, 0.3) is 0 Å². The third-order valence-electron chi connectivity index (χ3n) is 7.08. The summed E-state index contributed by atoms with van der Waals surface area (Å²) in [6, 6.07) is 5.94. The van der Waals surface area contributed by atoms with Crippen molar-refractivity contribution < 1.29 is 14.3 Å². The smallest absolute Gasteiger partial charge is 0.251 e. The molecule has 2 aliphatic heterocycles. The first kappa shape index (κ1) is 23.3. The van der Waals surface area contributed by atoms with E-state index in [-0.39, 0.29) is 17.9 Å². The minimum Gasteiger partial charge on any atom is -0.495 e. The average Bonchev–Trinajstić information content (AvgIpc) is 3.71. The summed E-state index contributed by atoms with van der Waals surface area (Å²) in [5.41, 5.74) is 1.94. The van der Waals surface area contributed by atoms with E-state index in [1.54, 1.807) is 37.4 Å². The van der Waals surface area contributed by atoms with Crippen LogP contribution < -0.4 is 25.2 Å². The summed E-state index contributed by atoms with van der Waals surface area (Å²) in [6.45, 7) is 2.63. The topological polar surface area (TPSA) is 103 Å². The number of piperidine rings is 1. The van der Waals surface area contributed by atoms with E-state index >= 15 is 0 Å². The Morgan fingerprint density at radius 1 is 1.11 bits per heavy atom. The van der Waals surface area contributed by atoms with Crippen molar-refractivity contribution in [3.05, 3.63) is 30.0 Å². The van der Waals surface area contributed by atoms with Crippen molar-refractivity contribution in [2.24, 2.45) is 0 Å². The third-order valence-corrected chi connectivity index (χ3v) is 7.08. The Kier molecular flexibility index (Phi) is 6.46. The van der Waals surface area contributed by atoms with Crippen LogP contribution in [0.5, 0.6) is 5.75 Å². The minimum absolute atomic E-state index is 0.0643. The molecule has 3 heterocycles. The van der Waals surface area contributed by atoms with Gasteiger partial charge in [0.15, 0.2) is 5.82 Å². The second kappa shape index (κ2) is 9.69. The molecule has 1 aromatic heterocycles. The van der Waals surface area contributed by atoms with Crippen LogP contribution in [0.2, 0.25) is 0 Å². The maximum absolute atomic E-state index is 12.8. The zero-order valence-electron chi connectivity index (χ0n) is 20.6. The number of rotatable bonds is 6. The van der Waals surface area contributed by atoms with E-state index in [1.807, 2.05) is 6.07 Å². The molecule has 2 N–H and O–H groups in total. The number of hydrogen-bond donors (Lipinski definition) is 2. The summed E-state index contributed by atoms with van der Waals surface area (Å²) in [5.74, 6) is 1.68. The zero-order valence-corrected chi connectivity index (χ0v) is 20.6. The Bertz CT molecular complexity index is 1110. The van der Waals surface area contributed by atoms with E-state index in [0.717, 1.165) is 50.3 Å². The molecule has 1 aromatic carbocycles. The Labute approximate surface area is 205 Å². The highest BCUT2D eigenvalue weighted by atomic mass is 16.5. The summed E-state index contributed by atoms with van der Waals surface area (Å²) < 4.78 is 5.58. The molecule has 0 unspecified atom stereocenters. The molecular weight excluding hydrogens is 446 g/mol. The van der Waals surface area contributed by atoms with E-state index in [9.17, 15) is 9.59 Å². The van der Waals surface area contributed by atoms with Gasteiger partial charge in [-0.25, -0.2) is 4.98 Å². The van der Waals surface area contributed by atoms with Crippen molar-refractivity contribution in [2.75, 3.05) is 56.0 Å². The zero-order chi connectivity index (χ0) is 24.5. The lowest BCUT2D eigenvalue weighted by atomic mass is 10.0. The van der Waals surface area contributed by atoms with Crippen LogP contribution in [0, 0.1) is 0 Å². The third kappa shape index (κ3) is 5.02. The molecule has 186 valence electrons. The number of carbonyl (C=O) groups excluding carboxylic acids is 2. The van der Waals surface area contributed by atoms with E-state index in [0.29, 0.717) is 42.0 Å². The van der Waals surface area contributed by atoms with Gasteiger partial charge in [0, 0.05) is 37.7 Å². The Morgan fingerprint density at radius 2 is 1.89 bits per heavy atom. The number of likely N-dealkylation sites (tertiary alicyclic amines) is 1. The molecule has 0 atom stereocenters. The van der Waals surface area contributed by atoms with Crippen LogP contribution in [0.15, 0.2) is 24.4 Å². The van der Waals surface area contributed by atoms with E-state index in [2.05, 4.69) is 32.5 Å². The van der Waals surface area contributed by atoms with Crippen LogP contribution in [0.3, 0.4) is 0 Å². The fourth-order valence-electron chi connectivity index (χ4n) is 4.72. The predicted octanol–water partition coefficient (Wildman–Crippen LogP) is 2.39. The second-order valence-corrected chi connectivity index (χ2v) is 9.62. The molecule has 2 aromatic rings. The molecule has 2 amide bonds. The normalized spacial score (nSPS) is 19.2. The fourth-order valence-corrected chi connectivity index (χ4v) is 4.72. The number of fused-ring (bicyclic) bond motifs is 1. The number of methoxy groups -OCH3 is 1. The molecule has 0 bridgehead atoms. The van der Waals surface area contributed by atoms with Crippen molar-refractivity contribution in [2.45, 2.75) is 44.2 Å². The van der Waals surface area contributed by atoms with Crippen LogP contribution >= 0.6 is 0 Å². The molecule has 1 aliphatic carbocycles. The molecule has 0 spiro atoms. The van der Waals surface area contributed by atoms with Crippen molar-refractivity contribution >= 4 is 35.0 Å². The van der Waals surface area contributed by atoms with Gasteiger partial charge in [-0.15, -0.1) is 0 Å². The molecule has 10 heteroatoms. The molecule has 10 nitrogen and oxygen atoms in total. The maximum Gasteiger partial charge on any atom is 0.251 e. The van der Waals surface area contributed by atoms with Gasteiger partial charge in [-0.2, -0.15) is 4.98 Å². The number of amides is 2. The number of benzene rings is 1. The first-order valence-corrected chi connectivity index (χ1v) is 12.3. The monoisotopic (exact) mass is 479 g/mol. The number of hydrogen-bond acceptors (Lipinski definition) is 8. The lowest BCUT2D eigenvalue weighted by Gasteiger charge is -2.29. The van der Waals surface area contributed by atoms with Crippen molar-refractivity contribution in [3.63, 3.8) is 0 Å². The van der Waals surface area contributed by atoms with Gasteiger partial charge < -0.3 is 30.1 Å². The van der Waals surface area contributed by atoms with E-state index in [1.165, 1.54) is 0 Å². The summed E-state index contributed by atoms with van der Waals surface area (Å²) in [6.07, 6.45) is 6.28. The Morgan fingerprint density at radius 3 is 2.60 bits per heavy atom. The molecule has 0 radical (unpaired) electrons. The number of ether oxygens (including phenoxy) is 1. The van der Waals surface area contributed by atoms with E-state index in [4.69, 9.17) is 9.72 Å². The highest BCUT2D eigenvalue weighted by Gasteiger charge is 2.35. The van der Waals surface area contributed by atoms with Gasteiger partial charge in [0.25, 0.3) is 5.91 Å². The molecule has 1 saturated carbocycles. The number of nitrogens with zero attached hydrogens (tertiary/aromatic N) is 5. The molecular formula is C25H33N7O3. The van der Waals surface area contributed by atoms with Gasteiger partial charge in [-0.1, -0.05) is 0 Å². The molecule has 2 fully saturated rings. The Hall–Kier alpha value is -3.40. The van der Waals surface area contributed by atoms with Crippen LogP contribution in [0.1, 0.15) is 42.5 Å². The van der Waals surface area contributed by atoms with Gasteiger partial charge in [0.2, 0.25) is 11.9 Å². The molecule has 35 heavy (non-hydrogen) atoms. The first-order valence-electron chi connectivity index (χ1n) is 12.3. The fraction of sp³-hybridized carbons (Fsp3) is 0.520. The van der Waals surface area contributed by atoms with Gasteiger partial charge in [-0.3, -0.25) is 9.59 Å². The lowest BCUT2D eigenvalue weighted by molar-refractivity contribution is -0.118. The molecule has 5 rings (SSSR count). The number of nitrogens with one attached hydrogen (secondary N) is 2. The van der Waals surface area contributed by atoms with Crippen molar-refractivity contribution in [3.8, 4) is 5.75 Å². The summed E-state index contributed by atoms with van der Waals surface area (Å²) >= 11 is 0. The lowest BCUT2D eigenvalue weighted by Crippen LogP contribution is -2.43. The first-order chi connectivity index (χ1) is 16.9. The van der Waals surface area contributed by atoms with Crippen LogP contribution in [-0.2, 0) is 4.79 Å². The summed E-state index contributed by atoms with van der Waals surface area (Å²) in [4.78, 5) is 40.6. The van der Waals surface area contributed by atoms with Gasteiger partial charge in [-0.05, 0) is 64.0 Å². The molecule has 3 aliphatic rings. The van der Waals surface area contributed by atoms with Crippen LogP contribution in [-0.4, -0.2) is 79.6 Å². The standard InChI is InChI=1S/C25H33N7O3/c1-30-11-8-17(9-12-30)27-24(34)16-4-7-19(21(14-16)35-3)28-25-26-15-20-23(29-25)32(18-5-6-18)13-10-22(33)31(20)2/h4,7,14-15,17-18H,5-6,8-13H2,1-3H3,(H,27,34)(H,26,28,29). The largest absolute Gasteiger partial charge is 0.495 e. The highest BCUT2D eigenvalue weighted by Crippen LogP contribution is 2.38. The van der Waals surface area contributed by atoms with E-state index < -0.39 is 0 Å². The van der Waals surface area contributed by atoms with Gasteiger partial charge in [0.1, 0.15) is 11.4 Å². The summed E-state index contributed by atoms with van der Waals surface area (Å²) in [7, 11) is 5.45. The SMILES string of the molecule is COc1cc(C(=O)NC2CCN(C)CC2)ccc1Nc1ncc2c(n1)N(C1CC1)CCC(=O)N2C. The average molecular weight is 480 g/mol. The number of anilines is 4. The maximum atomic E-state index is 12.8. The van der Waals surface area contributed by atoms with Crippen LogP contribution in [0.4, 0.5) is 23.1 Å².